The predicted molar refractivity (Wildman–Crippen MR) is 128 cm³/mol. The Balaban J connectivity index is 1.49. The van der Waals surface area contributed by atoms with Gasteiger partial charge in [-0.2, -0.15) is 13.2 Å². The minimum Gasteiger partial charge on any atom is -0.465 e. The third-order valence-corrected chi connectivity index (χ3v) is 7.20. The number of carbonyl (C=O) groups excluding carboxylic acids is 1. The number of alkyl halides is 3. The van der Waals surface area contributed by atoms with E-state index in [2.05, 4.69) is 5.16 Å². The van der Waals surface area contributed by atoms with Crippen molar-refractivity contribution in [3.8, 4) is 22.5 Å². The van der Waals surface area contributed by atoms with Gasteiger partial charge in [-0.1, -0.05) is 53.7 Å². The number of aryl methyl sites for hydroxylation is 1. The van der Waals surface area contributed by atoms with Gasteiger partial charge in [0.15, 0.2) is 5.76 Å². The lowest BCUT2D eigenvalue weighted by Gasteiger charge is -2.15. The van der Waals surface area contributed by atoms with Crippen LogP contribution in [0.15, 0.2) is 53.1 Å². The molecule has 5 nitrogen and oxygen atoms in total. The van der Waals surface area contributed by atoms with Gasteiger partial charge in [-0.15, -0.1) is 11.8 Å². The average Bonchev–Trinajstić information content (AvgIpc) is 3.55. The molecule has 1 fully saturated rings. The normalized spacial score (nSPS) is 15.6. The van der Waals surface area contributed by atoms with Crippen LogP contribution >= 0.6 is 11.8 Å². The van der Waals surface area contributed by atoms with Gasteiger partial charge in [-0.3, -0.25) is 4.79 Å². The van der Waals surface area contributed by atoms with E-state index in [0.717, 1.165) is 29.5 Å². The van der Waals surface area contributed by atoms with E-state index in [1.807, 2.05) is 48.5 Å². The topological polar surface area (TPSA) is 72.6 Å². The van der Waals surface area contributed by atoms with Crippen LogP contribution in [-0.2, 0) is 14.9 Å². The molecule has 0 saturated heterocycles. The summed E-state index contributed by atoms with van der Waals surface area (Å²) < 4.78 is 48.0. The SMILES string of the molecule is CCOC(=O)C1(c2ccc(-c3ccc(-c4onc(C)c4C(O)CSCC(F)(F)F)cc3)cc2)CC1. The number of nitrogens with zero attached hydrogens (tertiary/aromatic N) is 1. The zero-order valence-corrected chi connectivity index (χ0v) is 20.2. The number of hydrogen-bond acceptors (Lipinski definition) is 6. The van der Waals surface area contributed by atoms with Crippen molar-refractivity contribution in [1.82, 2.24) is 5.16 Å². The number of thioether (sulfide) groups is 1. The highest BCUT2D eigenvalue weighted by Crippen LogP contribution is 2.49. The Morgan fingerprint density at radius 1 is 1.11 bits per heavy atom. The molecule has 9 heteroatoms. The van der Waals surface area contributed by atoms with Crippen molar-refractivity contribution in [2.45, 2.75) is 44.4 Å². The number of ether oxygens (including phenoxy) is 1. The first-order valence-electron chi connectivity index (χ1n) is 11.3. The maximum atomic E-state index is 12.4. The van der Waals surface area contributed by atoms with E-state index >= 15 is 0 Å². The van der Waals surface area contributed by atoms with Crippen molar-refractivity contribution in [2.24, 2.45) is 0 Å². The molecule has 4 rings (SSSR count). The highest BCUT2D eigenvalue weighted by Gasteiger charge is 2.52. The standard InChI is InChI=1S/C26H26F3NO4S/c1-3-33-24(32)25(12-13-25)20-10-8-18(9-11-20)17-4-6-19(7-5-17)23-22(16(2)30-34-23)21(31)14-35-15-26(27,28)29/h4-11,21,31H,3,12-15H2,1-2H3. The van der Waals surface area contributed by atoms with Crippen molar-refractivity contribution in [1.29, 1.82) is 0 Å². The van der Waals surface area contributed by atoms with Gasteiger partial charge in [0, 0.05) is 11.3 Å². The number of esters is 1. The molecule has 0 bridgehead atoms. The Bertz CT molecular complexity index is 1170. The second kappa shape index (κ2) is 10.1. The van der Waals surface area contributed by atoms with E-state index in [1.165, 1.54) is 0 Å². The summed E-state index contributed by atoms with van der Waals surface area (Å²) in [5, 5.41) is 14.4. The van der Waals surface area contributed by atoms with Crippen LogP contribution in [-0.4, -0.2) is 40.5 Å². The number of aromatic nitrogens is 1. The first kappa shape index (κ1) is 25.3. The summed E-state index contributed by atoms with van der Waals surface area (Å²) in [7, 11) is 0. The maximum Gasteiger partial charge on any atom is 0.397 e. The van der Waals surface area contributed by atoms with Crippen molar-refractivity contribution < 1.29 is 32.3 Å². The molecule has 1 saturated carbocycles. The Hall–Kier alpha value is -2.78. The summed E-state index contributed by atoms with van der Waals surface area (Å²) >= 11 is 0.617. The molecule has 0 aliphatic heterocycles. The number of benzene rings is 2. The summed E-state index contributed by atoms with van der Waals surface area (Å²) in [6.45, 7) is 3.82. The minimum atomic E-state index is -4.29. The number of halogens is 3. The van der Waals surface area contributed by atoms with E-state index < -0.39 is 23.4 Å². The second-order valence-electron chi connectivity index (χ2n) is 8.61. The maximum absolute atomic E-state index is 12.4. The highest BCUT2D eigenvalue weighted by atomic mass is 32.2. The Morgan fingerprint density at radius 2 is 1.69 bits per heavy atom. The van der Waals surface area contributed by atoms with Gasteiger partial charge in [0.2, 0.25) is 0 Å². The zero-order chi connectivity index (χ0) is 25.2. The van der Waals surface area contributed by atoms with Gasteiger partial charge in [-0.05, 0) is 43.4 Å². The minimum absolute atomic E-state index is 0.119. The molecule has 1 heterocycles. The van der Waals surface area contributed by atoms with Crippen molar-refractivity contribution >= 4 is 17.7 Å². The predicted octanol–water partition coefficient (Wildman–Crippen LogP) is 6.24. The van der Waals surface area contributed by atoms with Gasteiger partial charge in [-0.25, -0.2) is 0 Å². The fourth-order valence-corrected chi connectivity index (χ4v) is 4.89. The van der Waals surface area contributed by atoms with Crippen LogP contribution in [0.3, 0.4) is 0 Å². The molecule has 0 radical (unpaired) electrons. The van der Waals surface area contributed by atoms with Crippen LogP contribution < -0.4 is 0 Å². The third-order valence-electron chi connectivity index (χ3n) is 6.12. The molecule has 35 heavy (non-hydrogen) atoms. The summed E-state index contributed by atoms with van der Waals surface area (Å²) in [5.74, 6) is -0.978. The van der Waals surface area contributed by atoms with Gasteiger partial charge < -0.3 is 14.4 Å². The summed E-state index contributed by atoms with van der Waals surface area (Å²) in [6, 6.07) is 15.3. The molecule has 3 aromatic rings. The van der Waals surface area contributed by atoms with Crippen molar-refractivity contribution in [3.05, 3.63) is 65.4 Å². The smallest absolute Gasteiger partial charge is 0.397 e. The molecule has 0 amide bonds. The van der Waals surface area contributed by atoms with Crippen molar-refractivity contribution in [3.63, 3.8) is 0 Å². The molecule has 1 aliphatic rings. The van der Waals surface area contributed by atoms with Gasteiger partial charge >= 0.3 is 12.1 Å². The van der Waals surface area contributed by atoms with Crippen molar-refractivity contribution in [2.75, 3.05) is 18.1 Å². The van der Waals surface area contributed by atoms with Crippen LogP contribution in [0.4, 0.5) is 13.2 Å². The highest BCUT2D eigenvalue weighted by molar-refractivity contribution is 7.99. The largest absolute Gasteiger partial charge is 0.465 e. The number of hydrogen-bond donors (Lipinski definition) is 1. The monoisotopic (exact) mass is 505 g/mol. The number of carbonyl (C=O) groups is 1. The van der Waals surface area contributed by atoms with Crippen LogP contribution in [0.5, 0.6) is 0 Å². The molecule has 1 unspecified atom stereocenters. The lowest BCUT2D eigenvalue weighted by Crippen LogP contribution is -2.23. The van der Waals surface area contributed by atoms with E-state index in [0.29, 0.717) is 40.9 Å². The van der Waals surface area contributed by atoms with E-state index in [-0.39, 0.29) is 11.7 Å². The molecule has 1 aromatic heterocycles. The molecule has 1 N–H and O–H groups in total. The third kappa shape index (κ3) is 5.56. The van der Waals surface area contributed by atoms with E-state index in [9.17, 15) is 23.1 Å². The number of aliphatic hydroxyl groups excluding tert-OH is 1. The Labute approximate surface area is 205 Å². The molecule has 186 valence electrons. The van der Waals surface area contributed by atoms with E-state index in [1.54, 1.807) is 13.8 Å². The molecule has 2 aromatic carbocycles. The first-order valence-corrected chi connectivity index (χ1v) is 12.5. The van der Waals surface area contributed by atoms with Gasteiger partial charge in [0.1, 0.15) is 0 Å². The van der Waals surface area contributed by atoms with Crippen LogP contribution in [0.2, 0.25) is 0 Å². The number of aliphatic hydroxyl groups is 1. The first-order chi connectivity index (χ1) is 16.6. The Morgan fingerprint density at radius 3 is 2.23 bits per heavy atom. The average molecular weight is 506 g/mol. The zero-order valence-electron chi connectivity index (χ0n) is 19.4. The van der Waals surface area contributed by atoms with Gasteiger partial charge in [0.25, 0.3) is 0 Å². The molecule has 0 spiro atoms. The van der Waals surface area contributed by atoms with E-state index in [4.69, 9.17) is 9.26 Å². The molecule has 1 aliphatic carbocycles. The summed E-state index contributed by atoms with van der Waals surface area (Å²) in [5.41, 5.74) is 3.85. The van der Waals surface area contributed by atoms with Crippen LogP contribution in [0.1, 0.15) is 42.7 Å². The Kier molecular flexibility index (Phi) is 7.28. The summed E-state index contributed by atoms with van der Waals surface area (Å²) in [6.07, 6.45) is -3.84. The lowest BCUT2D eigenvalue weighted by molar-refractivity contribution is -0.146. The molecule has 1 atom stereocenters. The van der Waals surface area contributed by atoms with Crippen LogP contribution in [0, 0.1) is 6.92 Å². The van der Waals surface area contributed by atoms with Gasteiger partial charge in [0.05, 0.1) is 35.1 Å². The summed E-state index contributed by atoms with van der Waals surface area (Å²) in [4.78, 5) is 12.3. The van der Waals surface area contributed by atoms with Crippen LogP contribution in [0.25, 0.3) is 22.5 Å². The lowest BCUT2D eigenvalue weighted by atomic mass is 9.93. The second-order valence-corrected chi connectivity index (χ2v) is 9.64. The molecular formula is C26H26F3NO4S. The fraction of sp³-hybridized carbons (Fsp3) is 0.385. The number of rotatable bonds is 9. The fourth-order valence-electron chi connectivity index (χ4n) is 4.15. The molecular weight excluding hydrogens is 479 g/mol. The quantitative estimate of drug-likeness (QED) is 0.347.